The number of nitrogens with zero attached hydrogens (tertiary/aromatic N) is 6. The van der Waals surface area contributed by atoms with E-state index in [-0.39, 0.29) is 22.4 Å². The number of thiol groups is 2. The van der Waals surface area contributed by atoms with Crippen LogP contribution in [0.1, 0.15) is 0 Å². The number of hydrogen-bond donors (Lipinski definition) is 0. The molecule has 6 heterocycles. The van der Waals surface area contributed by atoms with Crippen molar-refractivity contribution in [2.24, 2.45) is 0 Å². The van der Waals surface area contributed by atoms with Gasteiger partial charge in [-0.15, -0.1) is 0 Å². The molecular formula is C12H26AgN6P2S2+3. The van der Waals surface area contributed by atoms with Gasteiger partial charge in [0.15, 0.2) is 23.6 Å². The summed E-state index contributed by atoms with van der Waals surface area (Å²) in [6, 6.07) is 0. The van der Waals surface area contributed by atoms with E-state index in [4.69, 9.17) is 23.6 Å². The Balaban J connectivity index is 0.000000113. The first-order valence-corrected chi connectivity index (χ1v) is 14.0. The smallest absolute Gasteiger partial charge is 0.213 e. The van der Waals surface area contributed by atoms with Crippen LogP contribution < -0.4 is 0 Å². The molecule has 6 aliphatic rings. The normalized spacial score (nSPS) is 31.0. The van der Waals surface area contributed by atoms with Crippen LogP contribution >= 0.6 is 13.0 Å². The third-order valence-corrected chi connectivity index (χ3v) is 16.3. The molecule has 6 aliphatic heterocycles. The maximum Gasteiger partial charge on any atom is 1.00 e. The molecule has 0 N–H and O–H groups in total. The summed E-state index contributed by atoms with van der Waals surface area (Å²) in [5.74, 6) is 0. The fourth-order valence-corrected chi connectivity index (χ4v) is 12.1. The maximum atomic E-state index is 4.88. The topological polar surface area (TPSA) is 18.1 Å². The van der Waals surface area contributed by atoms with Gasteiger partial charge in [-0.05, 0) is 0 Å². The van der Waals surface area contributed by atoms with Crippen LogP contribution in [0.15, 0.2) is 0 Å². The van der Waals surface area contributed by atoms with Crippen molar-refractivity contribution in [3.63, 3.8) is 0 Å². The monoisotopic (exact) mass is 487 g/mol. The van der Waals surface area contributed by atoms with E-state index in [1.54, 1.807) is 0 Å². The zero-order valence-electron chi connectivity index (χ0n) is 13.3. The molecule has 134 valence electrons. The van der Waals surface area contributed by atoms with Gasteiger partial charge in [-0.3, -0.25) is 0 Å². The van der Waals surface area contributed by atoms with Crippen molar-refractivity contribution < 1.29 is 22.4 Å². The molecule has 0 aromatic carbocycles. The van der Waals surface area contributed by atoms with Gasteiger partial charge in [-0.25, -0.2) is 28.0 Å². The van der Waals surface area contributed by atoms with Crippen molar-refractivity contribution in [3.8, 4) is 0 Å². The minimum Gasteiger partial charge on any atom is -0.213 e. The first-order chi connectivity index (χ1) is 10.6. The van der Waals surface area contributed by atoms with Crippen LogP contribution in [0.4, 0.5) is 0 Å². The molecule has 0 aliphatic carbocycles. The molecule has 0 amide bonds. The van der Waals surface area contributed by atoms with Crippen LogP contribution in [-0.4, -0.2) is 107 Å². The Labute approximate surface area is 164 Å². The molecule has 0 spiro atoms. The van der Waals surface area contributed by atoms with Crippen LogP contribution in [0.5, 0.6) is 0 Å². The largest absolute Gasteiger partial charge is 1.00 e. The SMILES string of the molecule is [Ag+].[SH+]=P(N1CC1)(N1CC1)N1CC1.[SH+]=P(N1CC1)(N1CC1)N1CC1. The first-order valence-electron chi connectivity index (χ1n) is 8.39. The zero-order valence-corrected chi connectivity index (χ0v) is 18.3. The van der Waals surface area contributed by atoms with Gasteiger partial charge < -0.3 is 0 Å². The van der Waals surface area contributed by atoms with Gasteiger partial charge in [-0.2, -0.15) is 0 Å². The van der Waals surface area contributed by atoms with E-state index in [9.17, 15) is 0 Å². The molecule has 11 heteroatoms. The quantitative estimate of drug-likeness (QED) is 0.168. The predicted octanol–water partition coefficient (Wildman–Crippen LogP) is -0.222. The summed E-state index contributed by atoms with van der Waals surface area (Å²) in [7, 11) is 0. The van der Waals surface area contributed by atoms with E-state index in [1.807, 2.05) is 0 Å². The summed E-state index contributed by atoms with van der Waals surface area (Å²) in [5.41, 5.74) is 0. The van der Waals surface area contributed by atoms with Crippen LogP contribution in [0.3, 0.4) is 0 Å². The molecule has 0 bridgehead atoms. The second-order valence-corrected chi connectivity index (χ2v) is 15.6. The summed E-state index contributed by atoms with van der Waals surface area (Å²) < 4.78 is 15.2. The standard InChI is InChI=1S/2C6H12N3PS.Ag/c2*11-10(7-1-2-7,8-3-4-8)9-5-6-9;/h2*1-6H2;/q;;+1/p+2. The van der Waals surface area contributed by atoms with Gasteiger partial charge in [0.25, 0.3) is 0 Å². The fraction of sp³-hybridized carbons (Fsp3) is 1.00. The van der Waals surface area contributed by atoms with Crippen molar-refractivity contribution in [1.29, 1.82) is 0 Å². The molecule has 6 rings (SSSR count). The molecule has 0 atom stereocenters. The van der Waals surface area contributed by atoms with Crippen LogP contribution in [0.2, 0.25) is 0 Å². The van der Waals surface area contributed by atoms with Crippen molar-refractivity contribution >= 4 is 36.6 Å². The second-order valence-electron chi connectivity index (χ2n) is 6.80. The molecule has 6 fully saturated rings. The Morgan fingerprint density at radius 1 is 0.391 bits per heavy atom. The van der Waals surface area contributed by atoms with Gasteiger partial charge in [-0.1, -0.05) is 0 Å². The Bertz CT molecular complexity index is 444. The Hall–Kier alpha value is 1.80. The minimum atomic E-state index is -1.16. The van der Waals surface area contributed by atoms with Crippen molar-refractivity contribution in [2.75, 3.05) is 78.5 Å². The van der Waals surface area contributed by atoms with E-state index in [1.165, 1.54) is 78.5 Å². The van der Waals surface area contributed by atoms with E-state index < -0.39 is 13.0 Å². The molecule has 0 radical (unpaired) electrons. The van der Waals surface area contributed by atoms with Crippen LogP contribution in [0.25, 0.3) is 0 Å². The Morgan fingerprint density at radius 2 is 0.522 bits per heavy atom. The molecule has 0 unspecified atom stereocenters. The second kappa shape index (κ2) is 6.45. The molecule has 23 heavy (non-hydrogen) atoms. The van der Waals surface area contributed by atoms with E-state index >= 15 is 0 Å². The number of rotatable bonds is 6. The van der Waals surface area contributed by atoms with E-state index in [0.717, 1.165) is 0 Å². The fourth-order valence-electron chi connectivity index (χ4n) is 2.95. The third-order valence-electron chi connectivity index (χ3n) is 4.82. The molecule has 0 aromatic rings. The van der Waals surface area contributed by atoms with E-state index in [2.05, 4.69) is 28.0 Å². The molecule has 6 nitrogen and oxygen atoms in total. The van der Waals surface area contributed by atoms with Gasteiger partial charge in [0, 0.05) is 78.5 Å². The van der Waals surface area contributed by atoms with E-state index in [0.29, 0.717) is 0 Å². The van der Waals surface area contributed by atoms with Gasteiger partial charge in [0.05, 0.1) is 0 Å². The molecule has 6 saturated heterocycles. The molecule has 0 saturated carbocycles. The Kier molecular flexibility index (Phi) is 5.10. The summed E-state index contributed by atoms with van der Waals surface area (Å²) in [6.07, 6.45) is 0. The first kappa shape index (κ1) is 18.2. The number of hydrogen-bond acceptors (Lipinski definition) is 0. The Morgan fingerprint density at radius 3 is 0.609 bits per heavy atom. The van der Waals surface area contributed by atoms with Gasteiger partial charge >= 0.3 is 35.4 Å². The van der Waals surface area contributed by atoms with Crippen molar-refractivity contribution in [3.05, 3.63) is 0 Å². The van der Waals surface area contributed by atoms with Crippen molar-refractivity contribution in [2.45, 2.75) is 0 Å². The van der Waals surface area contributed by atoms with Gasteiger partial charge in [0.2, 0.25) is 0 Å². The molecular weight excluding hydrogens is 462 g/mol. The summed E-state index contributed by atoms with van der Waals surface area (Å²) in [5, 5.41) is 0. The van der Waals surface area contributed by atoms with Crippen molar-refractivity contribution in [1.82, 2.24) is 28.0 Å². The minimum absolute atomic E-state index is 0. The zero-order chi connectivity index (χ0) is 14.9. The van der Waals surface area contributed by atoms with Crippen LogP contribution in [-0.2, 0) is 46.0 Å². The summed E-state index contributed by atoms with van der Waals surface area (Å²) in [4.78, 5) is 0. The average Bonchev–Trinajstić information content (AvgIpc) is 3.44. The maximum absolute atomic E-state index is 4.88. The summed E-state index contributed by atoms with van der Waals surface area (Å²) in [6.45, 7) is 13.1. The predicted molar refractivity (Wildman–Crippen MR) is 101 cm³/mol. The third kappa shape index (κ3) is 3.63. The average molecular weight is 488 g/mol. The van der Waals surface area contributed by atoms with Gasteiger partial charge in [0.1, 0.15) is 0 Å². The van der Waals surface area contributed by atoms with Crippen LogP contribution in [0, 0.1) is 0 Å². The summed E-state index contributed by atoms with van der Waals surface area (Å²) >= 11 is 9.76. The molecule has 0 aromatic heterocycles.